The molecular weight excluding hydrogens is 279 g/mol. The van der Waals surface area contributed by atoms with Crippen LogP contribution in [0, 0.1) is 15.9 Å². The number of anilines is 1. The lowest BCUT2D eigenvalue weighted by Gasteiger charge is -2.06. The molecule has 0 fully saturated rings. The summed E-state index contributed by atoms with van der Waals surface area (Å²) in [6, 6.07) is 7.10. The highest BCUT2D eigenvalue weighted by atomic mass is 35.5. The minimum atomic E-state index is -0.441. The Kier molecular flexibility index (Phi) is 3.78. The highest BCUT2D eigenvalue weighted by Gasteiger charge is 2.10. The number of hydrogen-bond acceptors (Lipinski definition) is 4. The Morgan fingerprint density at radius 3 is 2.83 bits per heavy atom. The molecule has 0 aliphatic rings. The van der Waals surface area contributed by atoms with Crippen molar-refractivity contribution in [1.29, 1.82) is 0 Å². The Balaban J connectivity index is 2.06. The van der Waals surface area contributed by atoms with Crippen LogP contribution in [-0.2, 0) is 6.54 Å². The lowest BCUT2D eigenvalue weighted by Crippen LogP contribution is -1.98. The van der Waals surface area contributed by atoms with Crippen LogP contribution in [0.1, 0.15) is 4.88 Å². The molecule has 0 radical (unpaired) electrons. The first-order valence-corrected chi connectivity index (χ1v) is 6.18. The van der Waals surface area contributed by atoms with Crippen LogP contribution in [0.2, 0.25) is 5.02 Å². The van der Waals surface area contributed by atoms with Crippen molar-refractivity contribution in [3.63, 3.8) is 0 Å². The van der Waals surface area contributed by atoms with E-state index in [-0.39, 0.29) is 10.8 Å². The van der Waals surface area contributed by atoms with Gasteiger partial charge in [0.2, 0.25) is 0 Å². The minimum absolute atomic E-state index is 0.0807. The van der Waals surface area contributed by atoms with Gasteiger partial charge in [-0.2, -0.15) is 0 Å². The molecular formula is C11H8ClFN2O2S. The lowest BCUT2D eigenvalue weighted by molar-refractivity contribution is -0.380. The number of rotatable bonds is 4. The van der Waals surface area contributed by atoms with Crippen LogP contribution in [0.25, 0.3) is 0 Å². The van der Waals surface area contributed by atoms with E-state index in [4.69, 9.17) is 11.6 Å². The van der Waals surface area contributed by atoms with Gasteiger partial charge in [-0.25, -0.2) is 4.39 Å². The van der Waals surface area contributed by atoms with Crippen LogP contribution in [0.5, 0.6) is 0 Å². The monoisotopic (exact) mass is 286 g/mol. The Bertz CT molecular complexity index is 588. The van der Waals surface area contributed by atoms with Crippen LogP contribution in [0.3, 0.4) is 0 Å². The van der Waals surface area contributed by atoms with Gasteiger partial charge in [0.15, 0.2) is 0 Å². The summed E-state index contributed by atoms with van der Waals surface area (Å²) >= 11 is 6.96. The van der Waals surface area contributed by atoms with Crippen molar-refractivity contribution in [1.82, 2.24) is 0 Å². The van der Waals surface area contributed by atoms with Crippen molar-refractivity contribution in [2.75, 3.05) is 5.32 Å². The third kappa shape index (κ3) is 2.96. The lowest BCUT2D eigenvalue weighted by atomic mass is 10.3. The maximum absolute atomic E-state index is 13.0. The number of nitrogens with zero attached hydrogens (tertiary/aromatic N) is 1. The van der Waals surface area contributed by atoms with Crippen LogP contribution in [0.15, 0.2) is 30.3 Å². The summed E-state index contributed by atoms with van der Waals surface area (Å²) in [5, 5.41) is 13.9. The van der Waals surface area contributed by atoms with E-state index in [2.05, 4.69) is 5.32 Å². The predicted molar refractivity (Wildman–Crippen MR) is 69.7 cm³/mol. The standard InChI is InChI=1S/C11H8ClFN2O2S/c12-9-3-1-7(13)5-10(9)14-6-8-2-4-11(18-8)15(16)17/h1-5,14H,6H2. The molecule has 7 heteroatoms. The highest BCUT2D eigenvalue weighted by molar-refractivity contribution is 7.15. The van der Waals surface area contributed by atoms with Gasteiger partial charge in [-0.05, 0) is 24.3 Å². The fraction of sp³-hybridized carbons (Fsp3) is 0.0909. The summed E-state index contributed by atoms with van der Waals surface area (Å²) in [4.78, 5) is 10.9. The molecule has 1 aromatic heterocycles. The number of nitrogens with one attached hydrogen (secondary N) is 1. The minimum Gasteiger partial charge on any atom is -0.379 e. The normalized spacial score (nSPS) is 10.3. The Hall–Kier alpha value is -1.66. The van der Waals surface area contributed by atoms with Crippen LogP contribution in [0.4, 0.5) is 15.1 Å². The summed E-state index contributed by atoms with van der Waals surface area (Å²) in [7, 11) is 0. The second kappa shape index (κ2) is 5.32. The SMILES string of the molecule is O=[N+]([O-])c1ccc(CNc2cc(F)ccc2Cl)s1. The smallest absolute Gasteiger partial charge is 0.324 e. The number of thiophene rings is 1. The Morgan fingerprint density at radius 2 is 2.17 bits per heavy atom. The molecule has 4 nitrogen and oxygen atoms in total. The molecule has 0 unspecified atom stereocenters. The first-order valence-electron chi connectivity index (χ1n) is 4.98. The molecule has 1 heterocycles. The first kappa shape index (κ1) is 12.8. The van der Waals surface area contributed by atoms with Crippen LogP contribution in [-0.4, -0.2) is 4.92 Å². The predicted octanol–water partition coefficient (Wildman–Crippen LogP) is 4.06. The zero-order valence-electron chi connectivity index (χ0n) is 9.02. The van der Waals surface area contributed by atoms with E-state index in [9.17, 15) is 14.5 Å². The third-order valence-electron chi connectivity index (χ3n) is 2.21. The maximum atomic E-state index is 13.0. The summed E-state index contributed by atoms with van der Waals surface area (Å²) < 4.78 is 13.0. The number of hydrogen-bond donors (Lipinski definition) is 1. The largest absolute Gasteiger partial charge is 0.379 e. The van der Waals surface area contributed by atoms with Crippen molar-refractivity contribution in [2.45, 2.75) is 6.54 Å². The highest BCUT2D eigenvalue weighted by Crippen LogP contribution is 2.27. The molecule has 94 valence electrons. The van der Waals surface area contributed by atoms with E-state index in [1.54, 1.807) is 6.07 Å². The average molecular weight is 287 g/mol. The Labute approximate surface area is 111 Å². The van der Waals surface area contributed by atoms with Gasteiger partial charge in [0.1, 0.15) is 5.82 Å². The average Bonchev–Trinajstić information content (AvgIpc) is 2.79. The van der Waals surface area contributed by atoms with Gasteiger partial charge in [-0.1, -0.05) is 22.9 Å². The summed E-state index contributed by atoms with van der Waals surface area (Å²) in [5.41, 5.74) is 0.465. The second-order valence-electron chi connectivity index (χ2n) is 3.47. The molecule has 2 rings (SSSR count). The van der Waals surface area contributed by atoms with E-state index < -0.39 is 4.92 Å². The molecule has 0 spiro atoms. The van der Waals surface area contributed by atoms with Crippen molar-refractivity contribution in [3.8, 4) is 0 Å². The van der Waals surface area contributed by atoms with Gasteiger partial charge in [-0.3, -0.25) is 10.1 Å². The molecule has 0 saturated heterocycles. The molecule has 2 aromatic rings. The molecule has 18 heavy (non-hydrogen) atoms. The van der Waals surface area contributed by atoms with E-state index in [0.29, 0.717) is 17.3 Å². The van der Waals surface area contributed by atoms with Crippen molar-refractivity contribution in [2.24, 2.45) is 0 Å². The van der Waals surface area contributed by atoms with E-state index in [0.717, 1.165) is 16.2 Å². The quantitative estimate of drug-likeness (QED) is 0.681. The first-order chi connectivity index (χ1) is 8.56. The molecule has 0 atom stereocenters. The van der Waals surface area contributed by atoms with Crippen molar-refractivity contribution in [3.05, 3.63) is 56.2 Å². The number of halogens is 2. The summed E-state index contributed by atoms with van der Waals surface area (Å²) in [6.07, 6.45) is 0. The van der Waals surface area contributed by atoms with Gasteiger partial charge in [-0.15, -0.1) is 0 Å². The van der Waals surface area contributed by atoms with Gasteiger partial charge in [0.25, 0.3) is 0 Å². The summed E-state index contributed by atoms with van der Waals surface area (Å²) in [6.45, 7) is 0.363. The van der Waals surface area contributed by atoms with Crippen molar-refractivity contribution >= 4 is 33.6 Å². The molecule has 0 aliphatic carbocycles. The number of nitro groups is 1. The zero-order valence-corrected chi connectivity index (χ0v) is 10.6. The molecule has 0 amide bonds. The fourth-order valence-corrected chi connectivity index (χ4v) is 2.32. The second-order valence-corrected chi connectivity index (χ2v) is 5.03. The van der Waals surface area contributed by atoms with Crippen LogP contribution < -0.4 is 5.32 Å². The van der Waals surface area contributed by atoms with Crippen molar-refractivity contribution < 1.29 is 9.31 Å². The number of benzene rings is 1. The van der Waals surface area contributed by atoms with Gasteiger partial charge < -0.3 is 5.32 Å². The van der Waals surface area contributed by atoms with Gasteiger partial charge in [0.05, 0.1) is 15.6 Å². The van der Waals surface area contributed by atoms with Gasteiger partial charge in [0, 0.05) is 17.5 Å². The molecule has 1 aromatic carbocycles. The molecule has 0 saturated carbocycles. The van der Waals surface area contributed by atoms with Crippen LogP contribution >= 0.6 is 22.9 Å². The zero-order chi connectivity index (χ0) is 13.1. The Morgan fingerprint density at radius 1 is 1.39 bits per heavy atom. The third-order valence-corrected chi connectivity index (χ3v) is 3.58. The fourth-order valence-electron chi connectivity index (χ4n) is 1.38. The topological polar surface area (TPSA) is 55.2 Å². The van der Waals surface area contributed by atoms with E-state index in [1.165, 1.54) is 24.3 Å². The molecule has 0 bridgehead atoms. The molecule has 0 aliphatic heterocycles. The van der Waals surface area contributed by atoms with Gasteiger partial charge >= 0.3 is 5.00 Å². The van der Waals surface area contributed by atoms with E-state index in [1.807, 2.05) is 0 Å². The maximum Gasteiger partial charge on any atom is 0.324 e. The summed E-state index contributed by atoms with van der Waals surface area (Å²) in [5.74, 6) is -0.390. The molecule has 1 N–H and O–H groups in total. The van der Waals surface area contributed by atoms with E-state index >= 15 is 0 Å².